The first-order chi connectivity index (χ1) is 12.8. The first-order valence-electron chi connectivity index (χ1n) is 9.92. The molecule has 7 heteroatoms. The van der Waals surface area contributed by atoms with Crippen LogP contribution in [0, 0.1) is 6.92 Å². The fourth-order valence-electron chi connectivity index (χ4n) is 3.99. The largest absolute Gasteiger partial charge is 0.352 e. The number of benzene rings is 1. The van der Waals surface area contributed by atoms with Crippen LogP contribution in [-0.2, 0) is 14.8 Å². The normalized spacial score (nSPS) is 23.0. The summed E-state index contributed by atoms with van der Waals surface area (Å²) in [4.78, 5) is 15.5. The number of hydrogen-bond donors (Lipinski definition) is 1. The minimum atomic E-state index is -3.65. The summed E-state index contributed by atoms with van der Waals surface area (Å²) in [6.45, 7) is 8.64. The summed E-state index contributed by atoms with van der Waals surface area (Å²) >= 11 is 0. The molecule has 1 amide bonds. The summed E-state index contributed by atoms with van der Waals surface area (Å²) in [6.07, 6.45) is 3.14. The zero-order valence-corrected chi connectivity index (χ0v) is 17.3. The molecule has 0 aromatic heterocycles. The number of likely N-dealkylation sites (tertiary alicyclic amines) is 1. The monoisotopic (exact) mass is 393 g/mol. The van der Waals surface area contributed by atoms with Crippen molar-refractivity contribution < 1.29 is 13.2 Å². The van der Waals surface area contributed by atoms with E-state index in [1.54, 1.807) is 24.3 Å². The number of sulfonamides is 1. The maximum Gasteiger partial charge on any atom is 0.243 e. The van der Waals surface area contributed by atoms with E-state index in [2.05, 4.69) is 24.1 Å². The van der Waals surface area contributed by atoms with E-state index < -0.39 is 16.1 Å². The van der Waals surface area contributed by atoms with Gasteiger partial charge in [-0.05, 0) is 58.6 Å². The smallest absolute Gasteiger partial charge is 0.243 e. The molecule has 0 spiro atoms. The van der Waals surface area contributed by atoms with Gasteiger partial charge in [-0.15, -0.1) is 0 Å². The van der Waals surface area contributed by atoms with E-state index in [0.29, 0.717) is 19.0 Å². The Morgan fingerprint density at radius 2 is 1.70 bits per heavy atom. The predicted molar refractivity (Wildman–Crippen MR) is 106 cm³/mol. The lowest BCUT2D eigenvalue weighted by atomic mass is 10.0. The fourth-order valence-corrected chi connectivity index (χ4v) is 5.65. The van der Waals surface area contributed by atoms with E-state index in [0.717, 1.165) is 37.9 Å². The molecule has 27 heavy (non-hydrogen) atoms. The highest BCUT2D eigenvalue weighted by Crippen LogP contribution is 2.27. The molecule has 1 aromatic carbocycles. The standard InChI is InChI=1S/C20H31N3O3S/c1-15(2)22-13-10-17(11-14-22)21-20(24)19-5-4-12-23(19)27(25,26)18-8-6-16(3)7-9-18/h6-9,15,17,19H,4-5,10-14H2,1-3H3,(H,21,24)/t19-/m0/s1. The maximum atomic E-state index is 13.0. The van der Waals surface area contributed by atoms with Crippen LogP contribution in [0.2, 0.25) is 0 Å². The fraction of sp³-hybridized carbons (Fsp3) is 0.650. The van der Waals surface area contributed by atoms with Crippen LogP contribution in [-0.4, -0.2) is 61.3 Å². The number of nitrogens with zero attached hydrogens (tertiary/aromatic N) is 2. The highest BCUT2D eigenvalue weighted by Gasteiger charge is 2.40. The second-order valence-corrected chi connectivity index (χ2v) is 9.89. The summed E-state index contributed by atoms with van der Waals surface area (Å²) in [6, 6.07) is 6.89. The van der Waals surface area contributed by atoms with Crippen LogP contribution in [0.5, 0.6) is 0 Å². The Hall–Kier alpha value is -1.44. The third-order valence-corrected chi connectivity index (χ3v) is 7.66. The van der Waals surface area contributed by atoms with Gasteiger partial charge in [-0.2, -0.15) is 4.31 Å². The SMILES string of the molecule is Cc1ccc(S(=O)(=O)N2CCC[C@H]2C(=O)NC2CCN(C(C)C)CC2)cc1. The van der Waals surface area contributed by atoms with Crippen molar-refractivity contribution in [2.75, 3.05) is 19.6 Å². The van der Waals surface area contributed by atoms with Crippen LogP contribution < -0.4 is 5.32 Å². The second kappa shape index (κ2) is 8.29. The second-order valence-electron chi connectivity index (χ2n) is 8.00. The van der Waals surface area contributed by atoms with Gasteiger partial charge < -0.3 is 10.2 Å². The molecule has 0 unspecified atom stereocenters. The number of carbonyl (C=O) groups is 1. The number of amides is 1. The Morgan fingerprint density at radius 3 is 2.30 bits per heavy atom. The van der Waals surface area contributed by atoms with Gasteiger partial charge in [-0.1, -0.05) is 17.7 Å². The van der Waals surface area contributed by atoms with Gasteiger partial charge in [-0.25, -0.2) is 8.42 Å². The quantitative estimate of drug-likeness (QED) is 0.832. The molecule has 1 aromatic rings. The minimum Gasteiger partial charge on any atom is -0.352 e. The zero-order chi connectivity index (χ0) is 19.6. The van der Waals surface area contributed by atoms with Crippen LogP contribution in [0.15, 0.2) is 29.2 Å². The van der Waals surface area contributed by atoms with Gasteiger partial charge in [0.1, 0.15) is 6.04 Å². The molecular formula is C20H31N3O3S. The summed E-state index contributed by atoms with van der Waals surface area (Å²) in [5, 5.41) is 3.11. The van der Waals surface area contributed by atoms with E-state index in [1.165, 1.54) is 4.31 Å². The molecular weight excluding hydrogens is 362 g/mol. The van der Waals surface area contributed by atoms with Gasteiger partial charge >= 0.3 is 0 Å². The number of rotatable bonds is 5. The molecule has 2 saturated heterocycles. The van der Waals surface area contributed by atoms with E-state index in [9.17, 15) is 13.2 Å². The number of hydrogen-bond acceptors (Lipinski definition) is 4. The number of aryl methyl sites for hydroxylation is 1. The summed E-state index contributed by atoms with van der Waals surface area (Å²) in [5.41, 5.74) is 1.01. The molecule has 0 radical (unpaired) electrons. The van der Waals surface area contributed by atoms with Crippen LogP contribution in [0.3, 0.4) is 0 Å². The van der Waals surface area contributed by atoms with Crippen molar-refractivity contribution in [3.63, 3.8) is 0 Å². The van der Waals surface area contributed by atoms with Crippen LogP contribution in [0.4, 0.5) is 0 Å². The van der Waals surface area contributed by atoms with Gasteiger partial charge in [0.15, 0.2) is 0 Å². The Kier molecular flexibility index (Phi) is 6.23. The summed E-state index contributed by atoms with van der Waals surface area (Å²) in [5.74, 6) is -0.147. The summed E-state index contributed by atoms with van der Waals surface area (Å²) in [7, 11) is -3.65. The zero-order valence-electron chi connectivity index (χ0n) is 16.5. The van der Waals surface area contributed by atoms with E-state index >= 15 is 0 Å². The van der Waals surface area contributed by atoms with Crippen LogP contribution in [0.25, 0.3) is 0 Å². The molecule has 3 rings (SSSR count). The van der Waals surface area contributed by atoms with Gasteiger partial charge in [-0.3, -0.25) is 4.79 Å². The van der Waals surface area contributed by atoms with Crippen molar-refractivity contribution in [3.05, 3.63) is 29.8 Å². The Balaban J connectivity index is 1.65. The van der Waals surface area contributed by atoms with Crippen LogP contribution >= 0.6 is 0 Å². The number of nitrogens with one attached hydrogen (secondary N) is 1. The average molecular weight is 394 g/mol. The van der Waals surface area contributed by atoms with Gasteiger partial charge in [0.2, 0.25) is 15.9 Å². The first-order valence-corrected chi connectivity index (χ1v) is 11.4. The topological polar surface area (TPSA) is 69.7 Å². The number of piperidine rings is 1. The summed E-state index contributed by atoms with van der Waals surface area (Å²) < 4.78 is 27.4. The lowest BCUT2D eigenvalue weighted by Crippen LogP contribution is -2.52. The molecule has 150 valence electrons. The van der Waals surface area contributed by atoms with Crippen molar-refractivity contribution in [2.24, 2.45) is 0 Å². The van der Waals surface area contributed by atoms with Gasteiger partial charge in [0, 0.05) is 31.7 Å². The van der Waals surface area contributed by atoms with E-state index in [-0.39, 0.29) is 16.8 Å². The molecule has 1 atom stereocenters. The lowest BCUT2D eigenvalue weighted by Gasteiger charge is -2.35. The lowest BCUT2D eigenvalue weighted by molar-refractivity contribution is -0.125. The van der Waals surface area contributed by atoms with Crippen molar-refractivity contribution in [1.29, 1.82) is 0 Å². The molecule has 6 nitrogen and oxygen atoms in total. The van der Waals surface area contributed by atoms with Crippen LogP contribution in [0.1, 0.15) is 45.1 Å². The predicted octanol–water partition coefficient (Wildman–Crippen LogP) is 2.14. The highest BCUT2D eigenvalue weighted by atomic mass is 32.2. The Morgan fingerprint density at radius 1 is 1.07 bits per heavy atom. The Labute approximate surface area is 163 Å². The van der Waals surface area contributed by atoms with Gasteiger partial charge in [0.05, 0.1) is 4.90 Å². The molecule has 0 saturated carbocycles. The van der Waals surface area contributed by atoms with E-state index in [4.69, 9.17) is 0 Å². The highest BCUT2D eigenvalue weighted by molar-refractivity contribution is 7.89. The van der Waals surface area contributed by atoms with Crippen molar-refractivity contribution in [2.45, 2.75) is 69.5 Å². The first kappa shape index (κ1) is 20.3. The molecule has 2 fully saturated rings. The maximum absolute atomic E-state index is 13.0. The molecule has 1 N–H and O–H groups in total. The van der Waals surface area contributed by atoms with Crippen molar-refractivity contribution in [1.82, 2.24) is 14.5 Å². The van der Waals surface area contributed by atoms with Gasteiger partial charge in [0.25, 0.3) is 0 Å². The molecule has 0 bridgehead atoms. The average Bonchev–Trinajstić information content (AvgIpc) is 3.13. The molecule has 2 heterocycles. The number of carbonyl (C=O) groups excluding carboxylic acids is 1. The van der Waals surface area contributed by atoms with Crippen molar-refractivity contribution in [3.8, 4) is 0 Å². The molecule has 2 aliphatic heterocycles. The van der Waals surface area contributed by atoms with E-state index in [1.807, 2.05) is 6.92 Å². The van der Waals surface area contributed by atoms with Crippen molar-refractivity contribution >= 4 is 15.9 Å². The Bertz CT molecular complexity index is 753. The minimum absolute atomic E-state index is 0.136. The third-order valence-electron chi connectivity index (χ3n) is 5.74. The third kappa shape index (κ3) is 4.52. The molecule has 0 aliphatic carbocycles. The molecule has 2 aliphatic rings.